The Kier molecular flexibility index (Phi) is 9.18. The summed E-state index contributed by atoms with van der Waals surface area (Å²) in [5, 5.41) is 24.5. The van der Waals surface area contributed by atoms with Crippen molar-refractivity contribution in [2.45, 2.75) is 46.0 Å². The molecule has 0 spiro atoms. The number of carbonyl (C=O) groups excluding carboxylic acids is 1. The highest BCUT2D eigenvalue weighted by molar-refractivity contribution is 5.60. The van der Waals surface area contributed by atoms with Crippen LogP contribution in [0.25, 0.3) is 0 Å². The number of unbranched alkanes of at least 4 members (excludes halogenated alkanes) is 1. The van der Waals surface area contributed by atoms with Gasteiger partial charge in [-0.2, -0.15) is 0 Å². The van der Waals surface area contributed by atoms with Crippen LogP contribution in [-0.2, 0) is 14.3 Å². The number of aliphatic hydroxyl groups excluding tert-OH is 1. The van der Waals surface area contributed by atoms with Crippen LogP contribution in [0.5, 0.6) is 0 Å². The lowest BCUT2D eigenvalue weighted by Crippen LogP contribution is -2.28. The molecule has 0 amide bonds. The van der Waals surface area contributed by atoms with E-state index in [1.807, 2.05) is 0 Å². The summed E-state index contributed by atoms with van der Waals surface area (Å²) in [6, 6.07) is 0. The van der Waals surface area contributed by atoms with Crippen LogP contribution in [0.3, 0.4) is 0 Å². The summed E-state index contributed by atoms with van der Waals surface area (Å²) in [6.07, 6.45) is -0.992. The zero-order chi connectivity index (χ0) is 15.5. The molecule has 20 heavy (non-hydrogen) atoms. The first-order chi connectivity index (χ1) is 9.36. The average molecular weight is 293 g/mol. The predicted molar refractivity (Wildman–Crippen MR) is 68.3 cm³/mol. The van der Waals surface area contributed by atoms with E-state index in [1.54, 1.807) is 13.8 Å². The fourth-order valence-electron chi connectivity index (χ4n) is 1.08. The topological polar surface area (TPSA) is 107 Å². The van der Waals surface area contributed by atoms with Gasteiger partial charge in [0.1, 0.15) is 0 Å². The monoisotopic (exact) mass is 293 g/mol. The number of hydrogen-bond donors (Lipinski definition) is 1. The second kappa shape index (κ2) is 10.1. The molecule has 1 atom stereocenters. The standard InChI is InChI=1S/C11H23N3O6/c1-9(2)18-11(16)19-10(3)20-12-14(17)13(4)7-5-6-8-15/h9-10,15H,5-8H2,1-4H3. The summed E-state index contributed by atoms with van der Waals surface area (Å²) in [4.78, 5) is 16.1. The van der Waals surface area contributed by atoms with Crippen molar-refractivity contribution in [3.05, 3.63) is 5.21 Å². The first-order valence-electron chi connectivity index (χ1n) is 6.40. The van der Waals surface area contributed by atoms with Crippen LogP contribution in [-0.4, -0.2) is 53.8 Å². The molecule has 0 bridgehead atoms. The van der Waals surface area contributed by atoms with Crippen LogP contribution < -0.4 is 0 Å². The Hall–Kier alpha value is -1.77. The summed E-state index contributed by atoms with van der Waals surface area (Å²) < 4.78 is 9.43. The van der Waals surface area contributed by atoms with Gasteiger partial charge >= 0.3 is 6.16 Å². The van der Waals surface area contributed by atoms with Crippen molar-refractivity contribution < 1.29 is 29.2 Å². The fourth-order valence-corrected chi connectivity index (χ4v) is 1.08. The number of aliphatic hydroxyl groups is 1. The van der Waals surface area contributed by atoms with Crippen molar-refractivity contribution in [2.24, 2.45) is 5.28 Å². The minimum Gasteiger partial charge on any atom is -0.569 e. The molecule has 9 heteroatoms. The second-order valence-corrected chi connectivity index (χ2v) is 4.35. The largest absolute Gasteiger partial charge is 0.569 e. The van der Waals surface area contributed by atoms with Gasteiger partial charge in [-0.05, 0) is 26.7 Å². The van der Waals surface area contributed by atoms with E-state index in [-0.39, 0.29) is 17.7 Å². The van der Waals surface area contributed by atoms with Crippen molar-refractivity contribution in [1.82, 2.24) is 5.01 Å². The van der Waals surface area contributed by atoms with Crippen molar-refractivity contribution in [1.29, 1.82) is 0 Å². The Morgan fingerprint density at radius 3 is 2.55 bits per heavy atom. The highest BCUT2D eigenvalue weighted by Crippen LogP contribution is 2.01. The van der Waals surface area contributed by atoms with Gasteiger partial charge in [0, 0.05) is 13.5 Å². The Morgan fingerprint density at radius 2 is 2.00 bits per heavy atom. The molecular weight excluding hydrogens is 270 g/mol. The van der Waals surface area contributed by atoms with Crippen LogP contribution in [0.1, 0.15) is 33.6 Å². The molecule has 0 aromatic heterocycles. The number of hydrazine groups is 1. The van der Waals surface area contributed by atoms with Crippen molar-refractivity contribution in [2.75, 3.05) is 20.2 Å². The fraction of sp³-hybridized carbons (Fsp3) is 0.909. The number of carbonyl (C=O) groups is 1. The summed E-state index contributed by atoms with van der Waals surface area (Å²) >= 11 is 0. The van der Waals surface area contributed by atoms with Gasteiger partial charge in [0.25, 0.3) is 6.29 Å². The van der Waals surface area contributed by atoms with Gasteiger partial charge in [0.05, 0.1) is 24.7 Å². The van der Waals surface area contributed by atoms with Gasteiger partial charge in [0.2, 0.25) is 5.28 Å². The number of rotatable bonds is 9. The molecule has 0 aromatic rings. The van der Waals surface area contributed by atoms with Crippen LogP contribution in [0.2, 0.25) is 0 Å². The lowest BCUT2D eigenvalue weighted by molar-refractivity contribution is -0.707. The maximum Gasteiger partial charge on any atom is 0.511 e. The second-order valence-electron chi connectivity index (χ2n) is 4.35. The van der Waals surface area contributed by atoms with E-state index in [2.05, 4.69) is 5.28 Å². The molecule has 0 aliphatic carbocycles. The van der Waals surface area contributed by atoms with Gasteiger partial charge in [-0.15, -0.1) is 5.01 Å². The van der Waals surface area contributed by atoms with Gasteiger partial charge in [-0.1, -0.05) is 0 Å². The Balaban J connectivity index is 4.03. The molecule has 1 N–H and O–H groups in total. The molecule has 0 fully saturated rings. The zero-order valence-electron chi connectivity index (χ0n) is 12.3. The van der Waals surface area contributed by atoms with E-state index in [0.717, 1.165) is 0 Å². The highest BCUT2D eigenvalue weighted by Gasteiger charge is 2.15. The smallest absolute Gasteiger partial charge is 0.511 e. The van der Waals surface area contributed by atoms with Crippen LogP contribution >= 0.6 is 0 Å². The van der Waals surface area contributed by atoms with E-state index in [9.17, 15) is 10.0 Å². The van der Waals surface area contributed by atoms with E-state index < -0.39 is 12.4 Å². The quantitative estimate of drug-likeness (QED) is 0.171. The van der Waals surface area contributed by atoms with Gasteiger partial charge in [0.15, 0.2) is 0 Å². The summed E-state index contributed by atoms with van der Waals surface area (Å²) in [6.45, 7) is 5.26. The molecule has 0 aromatic carbocycles. The SMILES string of the molecule is CC(C)OC(=O)OC(C)ON=[N+]([O-])N(C)CCCCO. The lowest BCUT2D eigenvalue weighted by Gasteiger charge is -2.14. The molecule has 0 aliphatic heterocycles. The predicted octanol–water partition coefficient (Wildman–Crippen LogP) is 1.41. The van der Waals surface area contributed by atoms with Crippen LogP contribution in [0, 0.1) is 5.21 Å². The average Bonchev–Trinajstić information content (AvgIpc) is 2.34. The van der Waals surface area contributed by atoms with Crippen molar-refractivity contribution in [3.8, 4) is 0 Å². The molecule has 1 unspecified atom stereocenters. The van der Waals surface area contributed by atoms with Crippen LogP contribution in [0.4, 0.5) is 4.79 Å². The molecule has 0 radical (unpaired) electrons. The molecular formula is C11H23N3O6. The number of nitrogens with zero attached hydrogens (tertiary/aromatic N) is 3. The third-order valence-corrected chi connectivity index (χ3v) is 2.04. The third-order valence-electron chi connectivity index (χ3n) is 2.04. The zero-order valence-corrected chi connectivity index (χ0v) is 12.3. The Bertz CT molecular complexity index is 311. The van der Waals surface area contributed by atoms with E-state index in [4.69, 9.17) is 19.4 Å². The summed E-state index contributed by atoms with van der Waals surface area (Å²) in [5.74, 6) is 0. The Morgan fingerprint density at radius 1 is 1.35 bits per heavy atom. The van der Waals surface area contributed by atoms with E-state index in [0.29, 0.717) is 19.4 Å². The Labute approximate surface area is 118 Å². The molecule has 0 rings (SSSR count). The van der Waals surface area contributed by atoms with E-state index in [1.165, 1.54) is 19.0 Å². The van der Waals surface area contributed by atoms with Gasteiger partial charge in [-0.25, -0.2) is 4.79 Å². The normalized spacial score (nSPS) is 13.0. The molecule has 0 heterocycles. The first-order valence-corrected chi connectivity index (χ1v) is 6.40. The van der Waals surface area contributed by atoms with E-state index >= 15 is 0 Å². The third kappa shape index (κ3) is 9.20. The first kappa shape index (κ1) is 18.2. The minimum atomic E-state index is -1.04. The van der Waals surface area contributed by atoms with Crippen molar-refractivity contribution in [3.63, 3.8) is 0 Å². The molecule has 0 saturated heterocycles. The molecule has 118 valence electrons. The van der Waals surface area contributed by atoms with Crippen molar-refractivity contribution >= 4 is 6.16 Å². The summed E-state index contributed by atoms with van der Waals surface area (Å²) in [5.41, 5.74) is 0. The van der Waals surface area contributed by atoms with Crippen LogP contribution in [0.15, 0.2) is 5.28 Å². The highest BCUT2D eigenvalue weighted by atomic mass is 16.8. The van der Waals surface area contributed by atoms with Gasteiger partial charge < -0.3 is 19.8 Å². The molecule has 0 aliphatic rings. The van der Waals surface area contributed by atoms with Gasteiger partial charge in [-0.3, -0.25) is 4.84 Å². The lowest BCUT2D eigenvalue weighted by atomic mass is 10.3. The summed E-state index contributed by atoms with van der Waals surface area (Å²) in [7, 11) is 1.52. The maximum absolute atomic E-state index is 11.4. The number of ether oxygens (including phenoxy) is 2. The molecule has 9 nitrogen and oxygen atoms in total. The number of hydrogen-bond acceptors (Lipinski definition) is 7. The maximum atomic E-state index is 11.4. The minimum absolute atomic E-state index is 0.0726. The molecule has 0 saturated carbocycles.